The van der Waals surface area contributed by atoms with Gasteiger partial charge in [0.15, 0.2) is 0 Å². The van der Waals surface area contributed by atoms with Gasteiger partial charge < -0.3 is 20.1 Å². The molecule has 0 radical (unpaired) electrons. The van der Waals surface area contributed by atoms with Crippen molar-refractivity contribution in [2.75, 3.05) is 19.4 Å². The van der Waals surface area contributed by atoms with Crippen molar-refractivity contribution in [2.45, 2.75) is 19.3 Å². The van der Waals surface area contributed by atoms with Gasteiger partial charge in [-0.25, -0.2) is 9.97 Å². The highest BCUT2D eigenvalue weighted by Crippen LogP contribution is 2.38. The lowest BCUT2D eigenvalue weighted by Gasteiger charge is -2.23. The lowest BCUT2D eigenvalue weighted by atomic mass is 10.0. The van der Waals surface area contributed by atoms with Crippen LogP contribution >= 0.6 is 11.6 Å². The normalized spacial score (nSPS) is 17.3. The highest BCUT2D eigenvalue weighted by Gasteiger charge is 2.31. The number of anilines is 1. The van der Waals surface area contributed by atoms with E-state index >= 15 is 0 Å². The van der Waals surface area contributed by atoms with Crippen LogP contribution in [0.3, 0.4) is 0 Å². The molecule has 142 valence electrons. The highest BCUT2D eigenvalue weighted by atomic mass is 35.5. The summed E-state index contributed by atoms with van der Waals surface area (Å²) in [4.78, 5) is 23.5. The molecule has 0 spiro atoms. The first-order valence-electron chi connectivity index (χ1n) is 8.87. The molecule has 4 heterocycles. The van der Waals surface area contributed by atoms with Crippen molar-refractivity contribution in [3.05, 3.63) is 57.9 Å². The third kappa shape index (κ3) is 2.58. The highest BCUT2D eigenvalue weighted by molar-refractivity contribution is 6.30. The topological polar surface area (TPSA) is 90.6 Å². The van der Waals surface area contributed by atoms with Gasteiger partial charge >= 0.3 is 0 Å². The number of carbonyl (C=O) groups excluding carboxylic acids is 1. The number of hydrogen-bond donors (Lipinski definition) is 1. The van der Waals surface area contributed by atoms with Crippen molar-refractivity contribution in [3.8, 4) is 5.75 Å². The molecule has 5 rings (SSSR count). The van der Waals surface area contributed by atoms with Crippen molar-refractivity contribution in [3.63, 3.8) is 0 Å². The van der Waals surface area contributed by atoms with E-state index in [0.29, 0.717) is 47.6 Å². The number of likely N-dealkylation sites (N-methyl/N-ethyl adjacent to an activating group) is 1. The third-order valence-electron chi connectivity index (χ3n) is 5.35. The van der Waals surface area contributed by atoms with Crippen LogP contribution in [-0.4, -0.2) is 34.4 Å². The number of rotatable bonds is 2. The number of fused-ring (bicyclic) bond motifs is 4. The van der Waals surface area contributed by atoms with E-state index in [2.05, 4.69) is 9.97 Å². The van der Waals surface area contributed by atoms with Gasteiger partial charge in [-0.2, -0.15) is 0 Å². The number of halogens is 1. The molecule has 1 amide bonds. The van der Waals surface area contributed by atoms with Crippen LogP contribution in [0.4, 0.5) is 5.82 Å². The summed E-state index contributed by atoms with van der Waals surface area (Å²) in [6, 6.07) is 7.03. The Morgan fingerprint density at radius 2 is 2.11 bits per heavy atom. The summed E-state index contributed by atoms with van der Waals surface area (Å²) in [6.45, 7) is 1.28. The van der Waals surface area contributed by atoms with E-state index in [1.807, 2.05) is 6.07 Å². The fraction of sp³-hybridized carbons (Fsp3) is 0.250. The Morgan fingerprint density at radius 3 is 2.96 bits per heavy atom. The second kappa shape index (κ2) is 6.32. The first kappa shape index (κ1) is 17.2. The average Bonchev–Trinajstić information content (AvgIpc) is 3.34. The minimum Gasteiger partial charge on any atom is -0.491 e. The first-order valence-corrected chi connectivity index (χ1v) is 9.25. The van der Waals surface area contributed by atoms with Crippen LogP contribution < -0.4 is 10.5 Å². The van der Waals surface area contributed by atoms with Gasteiger partial charge in [0.2, 0.25) is 0 Å². The molecule has 1 atom stereocenters. The number of nitrogen functional groups attached to an aromatic ring is 1. The zero-order chi connectivity index (χ0) is 19.4. The maximum absolute atomic E-state index is 13.1. The van der Waals surface area contributed by atoms with E-state index in [-0.39, 0.29) is 11.9 Å². The van der Waals surface area contributed by atoms with E-state index < -0.39 is 0 Å². The molecule has 28 heavy (non-hydrogen) atoms. The van der Waals surface area contributed by atoms with E-state index in [9.17, 15) is 4.79 Å². The molecule has 0 unspecified atom stereocenters. The van der Waals surface area contributed by atoms with Gasteiger partial charge in [-0.1, -0.05) is 17.7 Å². The number of benzene rings is 1. The molecule has 0 aliphatic carbocycles. The number of nitrogens with two attached hydrogens (primary N) is 1. The van der Waals surface area contributed by atoms with Crippen molar-refractivity contribution in [2.24, 2.45) is 0 Å². The Bertz CT molecular complexity index is 1130. The average molecular weight is 397 g/mol. The molecule has 0 fully saturated rings. The SMILES string of the molecule is CN(C(=O)c1cc2c3c(c(N)nc2cn1)COC3)[C@H]1COc2cc(Cl)ccc21. The van der Waals surface area contributed by atoms with Crippen LogP contribution in [0.1, 0.15) is 33.2 Å². The largest absolute Gasteiger partial charge is 0.491 e. The summed E-state index contributed by atoms with van der Waals surface area (Å²) < 4.78 is 11.2. The van der Waals surface area contributed by atoms with E-state index in [1.54, 1.807) is 36.3 Å². The van der Waals surface area contributed by atoms with E-state index in [1.165, 1.54) is 0 Å². The fourth-order valence-electron chi connectivity index (χ4n) is 3.80. The molecule has 2 aliphatic rings. The Morgan fingerprint density at radius 1 is 1.29 bits per heavy atom. The summed E-state index contributed by atoms with van der Waals surface area (Å²) in [5, 5.41) is 1.45. The second-order valence-corrected chi connectivity index (χ2v) is 7.40. The van der Waals surface area contributed by atoms with Crippen molar-refractivity contribution >= 4 is 34.2 Å². The number of pyridine rings is 2. The van der Waals surface area contributed by atoms with Gasteiger partial charge in [0.1, 0.15) is 23.9 Å². The summed E-state index contributed by atoms with van der Waals surface area (Å²) >= 11 is 6.03. The molecule has 2 aromatic heterocycles. The van der Waals surface area contributed by atoms with Gasteiger partial charge in [0.25, 0.3) is 5.91 Å². The lowest BCUT2D eigenvalue weighted by Crippen LogP contribution is -2.32. The van der Waals surface area contributed by atoms with Crippen molar-refractivity contribution in [1.82, 2.24) is 14.9 Å². The first-order chi connectivity index (χ1) is 13.5. The van der Waals surface area contributed by atoms with Gasteiger partial charge in [-0.3, -0.25) is 4.79 Å². The predicted molar refractivity (Wildman–Crippen MR) is 104 cm³/mol. The summed E-state index contributed by atoms with van der Waals surface area (Å²) in [6.07, 6.45) is 1.59. The zero-order valence-corrected chi connectivity index (χ0v) is 15.9. The quantitative estimate of drug-likeness (QED) is 0.715. The molecule has 2 aliphatic heterocycles. The predicted octanol–water partition coefficient (Wildman–Crippen LogP) is 3.10. The molecule has 8 heteroatoms. The zero-order valence-electron chi connectivity index (χ0n) is 15.1. The van der Waals surface area contributed by atoms with Gasteiger partial charge in [-0.05, 0) is 23.8 Å². The molecular formula is C20H17ClN4O3. The molecular weight excluding hydrogens is 380 g/mol. The molecule has 1 aromatic carbocycles. The van der Waals surface area contributed by atoms with E-state index in [0.717, 1.165) is 22.1 Å². The van der Waals surface area contributed by atoms with Crippen molar-refractivity contribution < 1.29 is 14.3 Å². The molecule has 7 nitrogen and oxygen atoms in total. The van der Waals surface area contributed by atoms with Crippen molar-refractivity contribution in [1.29, 1.82) is 0 Å². The Kier molecular flexibility index (Phi) is 3.89. The number of amides is 1. The number of aromatic nitrogens is 2. The van der Waals surface area contributed by atoms with Gasteiger partial charge in [0, 0.05) is 28.6 Å². The Labute approximate surface area is 166 Å². The standard InChI is InChI=1S/C20H17ClN4O3/c1-25(17-9-28-18-4-10(21)2-3-11(17)18)20(26)15-5-12-13-7-27-8-14(13)19(22)24-16(12)6-23-15/h2-6,17H,7-9H2,1H3,(H2,22,24)/t17-/m0/s1. The third-order valence-corrected chi connectivity index (χ3v) is 5.59. The summed E-state index contributed by atoms with van der Waals surface area (Å²) in [5.74, 6) is 0.970. The second-order valence-electron chi connectivity index (χ2n) is 6.96. The molecule has 0 saturated carbocycles. The molecule has 0 saturated heterocycles. The Balaban J connectivity index is 1.51. The van der Waals surface area contributed by atoms with Crippen LogP contribution in [0.25, 0.3) is 10.9 Å². The number of hydrogen-bond acceptors (Lipinski definition) is 6. The van der Waals surface area contributed by atoms with Gasteiger partial charge in [-0.15, -0.1) is 0 Å². The summed E-state index contributed by atoms with van der Waals surface area (Å²) in [7, 11) is 1.75. The maximum atomic E-state index is 13.1. The molecule has 0 bridgehead atoms. The van der Waals surface area contributed by atoms with Crippen LogP contribution in [0, 0.1) is 0 Å². The van der Waals surface area contributed by atoms with Crippen LogP contribution in [0.2, 0.25) is 5.02 Å². The van der Waals surface area contributed by atoms with E-state index in [4.69, 9.17) is 26.8 Å². The minimum atomic E-state index is -0.198. The lowest BCUT2D eigenvalue weighted by molar-refractivity contribution is 0.0703. The number of carbonyl (C=O) groups is 1. The summed E-state index contributed by atoms with van der Waals surface area (Å²) in [5.41, 5.74) is 9.81. The van der Waals surface area contributed by atoms with Crippen LogP contribution in [-0.2, 0) is 18.0 Å². The van der Waals surface area contributed by atoms with Crippen LogP contribution in [0.5, 0.6) is 5.75 Å². The van der Waals surface area contributed by atoms with Gasteiger partial charge in [0.05, 0.1) is 31.0 Å². The Hall–Kier alpha value is -2.90. The molecule has 3 aromatic rings. The molecule has 2 N–H and O–H groups in total. The number of nitrogens with zero attached hydrogens (tertiary/aromatic N) is 3. The monoisotopic (exact) mass is 396 g/mol. The minimum absolute atomic E-state index is 0.192. The fourth-order valence-corrected chi connectivity index (χ4v) is 3.96. The maximum Gasteiger partial charge on any atom is 0.272 e. The van der Waals surface area contributed by atoms with Crippen LogP contribution in [0.15, 0.2) is 30.5 Å². The number of ether oxygens (including phenoxy) is 2. The smallest absolute Gasteiger partial charge is 0.272 e.